The molecule has 0 unspecified atom stereocenters. The van der Waals surface area contributed by atoms with Crippen molar-refractivity contribution < 1.29 is 19.2 Å². The molecular weight excluding hydrogens is 362 g/mol. The highest BCUT2D eigenvalue weighted by Gasteiger charge is 2.16. The number of esters is 1. The molecule has 28 heavy (non-hydrogen) atoms. The molecule has 3 rings (SSSR count). The third-order valence-electron chi connectivity index (χ3n) is 4.09. The molecule has 0 atom stereocenters. The van der Waals surface area contributed by atoms with Gasteiger partial charge in [0.1, 0.15) is 0 Å². The molecule has 1 N–H and O–H groups in total. The number of carbonyl (C=O) groups excluding carboxylic acids is 2. The smallest absolute Gasteiger partial charge is 0.339 e. The van der Waals surface area contributed by atoms with Gasteiger partial charge in [-0.25, -0.2) is 4.79 Å². The first-order chi connectivity index (χ1) is 13.3. The second-order valence-electron chi connectivity index (χ2n) is 6.21. The van der Waals surface area contributed by atoms with E-state index >= 15 is 0 Å². The summed E-state index contributed by atoms with van der Waals surface area (Å²) in [5.41, 5.74) is 2.54. The molecule has 8 heteroatoms. The third kappa shape index (κ3) is 4.12. The number of fused-ring (bicyclic) bond motifs is 1. The number of ether oxygens (including phenoxy) is 1. The Kier molecular flexibility index (Phi) is 5.30. The SMILES string of the molecule is Cc1cc(C(=O)OCC(=O)Nc2ccc([N+](=O)[O-])cc2C)c2ccccc2n1. The zero-order chi connectivity index (χ0) is 20.3. The van der Waals surface area contributed by atoms with Crippen LogP contribution in [-0.2, 0) is 9.53 Å². The predicted octanol–water partition coefficient (Wildman–Crippen LogP) is 3.56. The fourth-order valence-electron chi connectivity index (χ4n) is 2.77. The maximum absolute atomic E-state index is 12.4. The van der Waals surface area contributed by atoms with Gasteiger partial charge < -0.3 is 10.1 Å². The molecule has 0 fully saturated rings. The van der Waals surface area contributed by atoms with Crippen molar-refractivity contribution in [3.8, 4) is 0 Å². The number of aryl methyl sites for hydroxylation is 2. The van der Waals surface area contributed by atoms with Crippen molar-refractivity contribution in [3.05, 3.63) is 75.5 Å². The van der Waals surface area contributed by atoms with E-state index in [0.29, 0.717) is 33.4 Å². The lowest BCUT2D eigenvalue weighted by Crippen LogP contribution is -2.21. The molecule has 0 radical (unpaired) electrons. The molecule has 1 aromatic heterocycles. The summed E-state index contributed by atoms with van der Waals surface area (Å²) in [6, 6.07) is 12.9. The summed E-state index contributed by atoms with van der Waals surface area (Å²) in [5.74, 6) is -1.17. The van der Waals surface area contributed by atoms with Crippen molar-refractivity contribution in [1.29, 1.82) is 0 Å². The number of anilines is 1. The zero-order valence-corrected chi connectivity index (χ0v) is 15.3. The lowest BCUT2D eigenvalue weighted by Gasteiger charge is -2.10. The van der Waals surface area contributed by atoms with Gasteiger partial charge in [-0.15, -0.1) is 0 Å². The Morgan fingerprint density at radius 1 is 1.14 bits per heavy atom. The summed E-state index contributed by atoms with van der Waals surface area (Å²) in [6.07, 6.45) is 0. The van der Waals surface area contributed by atoms with Crippen LogP contribution in [-0.4, -0.2) is 28.4 Å². The summed E-state index contributed by atoms with van der Waals surface area (Å²) < 4.78 is 5.14. The summed E-state index contributed by atoms with van der Waals surface area (Å²) in [4.78, 5) is 39.2. The third-order valence-corrected chi connectivity index (χ3v) is 4.09. The highest BCUT2D eigenvalue weighted by atomic mass is 16.6. The maximum Gasteiger partial charge on any atom is 0.339 e. The second-order valence-corrected chi connectivity index (χ2v) is 6.21. The fraction of sp³-hybridized carbons (Fsp3) is 0.150. The Morgan fingerprint density at radius 2 is 1.89 bits per heavy atom. The van der Waals surface area contributed by atoms with Gasteiger partial charge in [0.15, 0.2) is 6.61 Å². The molecule has 0 aliphatic rings. The average Bonchev–Trinajstić information content (AvgIpc) is 2.66. The fourth-order valence-corrected chi connectivity index (χ4v) is 2.77. The number of nitrogens with zero attached hydrogens (tertiary/aromatic N) is 2. The number of non-ortho nitro benzene ring substituents is 1. The molecule has 1 heterocycles. The molecule has 3 aromatic rings. The minimum atomic E-state index is -0.628. The number of amides is 1. The zero-order valence-electron chi connectivity index (χ0n) is 15.3. The van der Waals surface area contributed by atoms with Gasteiger partial charge in [0.25, 0.3) is 11.6 Å². The Bertz CT molecular complexity index is 1090. The average molecular weight is 379 g/mol. The Morgan fingerprint density at radius 3 is 2.61 bits per heavy atom. The first-order valence-corrected chi connectivity index (χ1v) is 8.43. The van der Waals surface area contributed by atoms with E-state index in [1.807, 2.05) is 6.07 Å². The van der Waals surface area contributed by atoms with Crippen LogP contribution in [0.25, 0.3) is 10.9 Å². The first-order valence-electron chi connectivity index (χ1n) is 8.43. The molecule has 0 aliphatic carbocycles. The van der Waals surface area contributed by atoms with Gasteiger partial charge in [-0.05, 0) is 37.6 Å². The second kappa shape index (κ2) is 7.83. The quantitative estimate of drug-likeness (QED) is 0.412. The number of rotatable bonds is 5. The Hall–Kier alpha value is -3.81. The van der Waals surface area contributed by atoms with Crippen LogP contribution >= 0.6 is 0 Å². The summed E-state index contributed by atoms with van der Waals surface area (Å²) in [5, 5.41) is 14.0. The van der Waals surface area contributed by atoms with Crippen LogP contribution in [0.5, 0.6) is 0 Å². The topological polar surface area (TPSA) is 111 Å². The van der Waals surface area contributed by atoms with E-state index in [1.54, 1.807) is 38.1 Å². The normalized spacial score (nSPS) is 10.5. The van der Waals surface area contributed by atoms with Crippen LogP contribution < -0.4 is 5.32 Å². The van der Waals surface area contributed by atoms with E-state index in [9.17, 15) is 19.7 Å². The monoisotopic (exact) mass is 379 g/mol. The molecule has 142 valence electrons. The van der Waals surface area contributed by atoms with Crippen molar-refractivity contribution in [1.82, 2.24) is 4.98 Å². The lowest BCUT2D eigenvalue weighted by molar-refractivity contribution is -0.384. The molecule has 2 aromatic carbocycles. The van der Waals surface area contributed by atoms with Gasteiger partial charge in [0, 0.05) is 28.9 Å². The van der Waals surface area contributed by atoms with Gasteiger partial charge in [0.05, 0.1) is 16.0 Å². The van der Waals surface area contributed by atoms with Crippen molar-refractivity contribution in [2.75, 3.05) is 11.9 Å². The van der Waals surface area contributed by atoms with Crippen molar-refractivity contribution in [3.63, 3.8) is 0 Å². The molecule has 0 spiro atoms. The standard InChI is InChI=1S/C20H17N3O5/c1-12-9-14(23(26)27)7-8-17(12)22-19(24)11-28-20(25)16-10-13(2)21-18-6-4-3-5-15(16)18/h3-10H,11H2,1-2H3,(H,22,24). The van der Waals surface area contributed by atoms with Crippen LogP contribution in [0.4, 0.5) is 11.4 Å². The lowest BCUT2D eigenvalue weighted by atomic mass is 10.1. The summed E-state index contributed by atoms with van der Waals surface area (Å²) >= 11 is 0. The van der Waals surface area contributed by atoms with Crippen LogP contribution in [0.15, 0.2) is 48.5 Å². The first kappa shape index (κ1) is 19.0. The van der Waals surface area contributed by atoms with Crippen molar-refractivity contribution >= 4 is 34.2 Å². The minimum Gasteiger partial charge on any atom is -0.452 e. The molecular formula is C20H17N3O5. The maximum atomic E-state index is 12.4. The van der Waals surface area contributed by atoms with E-state index in [0.717, 1.165) is 0 Å². The number of benzene rings is 2. The number of para-hydroxylation sites is 1. The van der Waals surface area contributed by atoms with E-state index in [1.165, 1.54) is 18.2 Å². The highest BCUT2D eigenvalue weighted by molar-refractivity contribution is 6.04. The Balaban J connectivity index is 1.68. The molecule has 0 saturated carbocycles. The summed E-state index contributed by atoms with van der Waals surface area (Å²) in [7, 11) is 0. The molecule has 0 bridgehead atoms. The highest BCUT2D eigenvalue weighted by Crippen LogP contribution is 2.21. The van der Waals surface area contributed by atoms with E-state index in [2.05, 4.69) is 10.3 Å². The number of nitro benzene ring substituents is 1. The van der Waals surface area contributed by atoms with Gasteiger partial charge in [0.2, 0.25) is 0 Å². The number of hydrogen-bond donors (Lipinski definition) is 1. The van der Waals surface area contributed by atoms with Gasteiger partial charge in [-0.2, -0.15) is 0 Å². The number of carbonyl (C=O) groups is 2. The van der Waals surface area contributed by atoms with Crippen molar-refractivity contribution in [2.45, 2.75) is 13.8 Å². The molecule has 8 nitrogen and oxygen atoms in total. The molecule has 0 aliphatic heterocycles. The minimum absolute atomic E-state index is 0.0677. The van der Waals surface area contributed by atoms with Crippen molar-refractivity contribution in [2.24, 2.45) is 0 Å². The number of nitro groups is 1. The number of pyridine rings is 1. The predicted molar refractivity (Wildman–Crippen MR) is 103 cm³/mol. The van der Waals surface area contributed by atoms with Crippen LogP contribution in [0.1, 0.15) is 21.6 Å². The summed E-state index contributed by atoms with van der Waals surface area (Å²) in [6.45, 7) is 2.93. The molecule has 0 saturated heterocycles. The van der Waals surface area contributed by atoms with E-state index in [-0.39, 0.29) is 5.69 Å². The van der Waals surface area contributed by atoms with Gasteiger partial charge >= 0.3 is 5.97 Å². The van der Waals surface area contributed by atoms with E-state index in [4.69, 9.17) is 4.74 Å². The molecule has 1 amide bonds. The van der Waals surface area contributed by atoms with E-state index < -0.39 is 23.4 Å². The van der Waals surface area contributed by atoms with Gasteiger partial charge in [-0.1, -0.05) is 18.2 Å². The number of nitrogens with one attached hydrogen (secondary N) is 1. The number of aromatic nitrogens is 1. The van der Waals surface area contributed by atoms with Gasteiger partial charge in [-0.3, -0.25) is 19.9 Å². The number of hydrogen-bond acceptors (Lipinski definition) is 6. The van der Waals surface area contributed by atoms with Crippen LogP contribution in [0.3, 0.4) is 0 Å². The Labute approximate surface area is 160 Å². The largest absolute Gasteiger partial charge is 0.452 e. The van der Waals surface area contributed by atoms with Crippen LogP contribution in [0, 0.1) is 24.0 Å². The van der Waals surface area contributed by atoms with Crippen LogP contribution in [0.2, 0.25) is 0 Å².